The second-order valence-corrected chi connectivity index (χ2v) is 5.39. The van der Waals surface area contributed by atoms with E-state index in [1.165, 1.54) is 0 Å². The van der Waals surface area contributed by atoms with Crippen LogP contribution >= 0.6 is 0 Å². The zero-order valence-corrected chi connectivity index (χ0v) is 10.7. The predicted molar refractivity (Wildman–Crippen MR) is 65.5 cm³/mol. The summed E-state index contributed by atoms with van der Waals surface area (Å²) in [6.45, 7) is 10.9. The standard InChI is InChI=1S/C12H21N3O/c1-8(2)13-7-9-6-10(12(3,4)5)14-15-11(9)16/h6,8,13H,7H2,1-5H3,(H,15,16). The zero-order valence-electron chi connectivity index (χ0n) is 10.7. The Kier molecular flexibility index (Phi) is 3.86. The summed E-state index contributed by atoms with van der Waals surface area (Å²) in [7, 11) is 0. The van der Waals surface area contributed by atoms with Crippen LogP contribution in [-0.4, -0.2) is 16.2 Å². The molecule has 0 unspecified atom stereocenters. The van der Waals surface area contributed by atoms with Gasteiger partial charge in [0, 0.05) is 23.6 Å². The van der Waals surface area contributed by atoms with Crippen LogP contribution in [0, 0.1) is 0 Å². The second kappa shape index (κ2) is 4.78. The van der Waals surface area contributed by atoms with E-state index in [0.29, 0.717) is 12.6 Å². The highest BCUT2D eigenvalue weighted by atomic mass is 16.1. The summed E-state index contributed by atoms with van der Waals surface area (Å²) >= 11 is 0. The average molecular weight is 223 g/mol. The summed E-state index contributed by atoms with van der Waals surface area (Å²) in [4.78, 5) is 11.6. The summed E-state index contributed by atoms with van der Waals surface area (Å²) in [5.41, 5.74) is 1.50. The molecule has 0 saturated carbocycles. The smallest absolute Gasteiger partial charge is 0.268 e. The highest BCUT2D eigenvalue weighted by molar-refractivity contribution is 5.18. The Morgan fingerprint density at radius 2 is 2.06 bits per heavy atom. The van der Waals surface area contributed by atoms with Gasteiger partial charge in [-0.25, -0.2) is 5.10 Å². The van der Waals surface area contributed by atoms with Gasteiger partial charge in [0.25, 0.3) is 5.56 Å². The molecule has 0 aliphatic carbocycles. The van der Waals surface area contributed by atoms with Crippen LogP contribution in [0.25, 0.3) is 0 Å². The maximum Gasteiger partial charge on any atom is 0.268 e. The van der Waals surface area contributed by atoms with Gasteiger partial charge in [0.15, 0.2) is 0 Å². The average Bonchev–Trinajstić information content (AvgIpc) is 2.14. The van der Waals surface area contributed by atoms with Crippen LogP contribution in [0.4, 0.5) is 0 Å². The fourth-order valence-corrected chi connectivity index (χ4v) is 1.28. The molecule has 0 aliphatic rings. The van der Waals surface area contributed by atoms with Gasteiger partial charge in [0.1, 0.15) is 0 Å². The number of H-pyrrole nitrogens is 1. The van der Waals surface area contributed by atoms with Crippen LogP contribution in [0.3, 0.4) is 0 Å². The number of rotatable bonds is 3. The minimum Gasteiger partial charge on any atom is -0.310 e. The molecule has 0 saturated heterocycles. The molecular weight excluding hydrogens is 202 g/mol. The molecule has 0 aliphatic heterocycles. The summed E-state index contributed by atoms with van der Waals surface area (Å²) in [5.74, 6) is 0. The highest BCUT2D eigenvalue weighted by Crippen LogP contribution is 2.18. The molecule has 1 aromatic heterocycles. The third-order valence-corrected chi connectivity index (χ3v) is 2.35. The molecule has 0 spiro atoms. The van der Waals surface area contributed by atoms with Gasteiger partial charge in [0.2, 0.25) is 0 Å². The van der Waals surface area contributed by atoms with Gasteiger partial charge in [-0.05, 0) is 6.07 Å². The zero-order chi connectivity index (χ0) is 12.3. The Morgan fingerprint density at radius 3 is 2.56 bits per heavy atom. The van der Waals surface area contributed by atoms with Crippen molar-refractivity contribution < 1.29 is 0 Å². The molecule has 4 nitrogen and oxygen atoms in total. The van der Waals surface area contributed by atoms with Crippen molar-refractivity contribution in [2.75, 3.05) is 0 Å². The van der Waals surface area contributed by atoms with Crippen molar-refractivity contribution in [2.24, 2.45) is 0 Å². The second-order valence-electron chi connectivity index (χ2n) is 5.39. The number of aromatic amines is 1. The molecule has 90 valence electrons. The van der Waals surface area contributed by atoms with E-state index in [1.54, 1.807) is 0 Å². The van der Waals surface area contributed by atoms with Gasteiger partial charge in [-0.2, -0.15) is 5.10 Å². The summed E-state index contributed by atoms with van der Waals surface area (Å²) < 4.78 is 0. The van der Waals surface area contributed by atoms with Crippen molar-refractivity contribution >= 4 is 0 Å². The number of hydrogen-bond acceptors (Lipinski definition) is 3. The van der Waals surface area contributed by atoms with E-state index in [2.05, 4.69) is 50.1 Å². The van der Waals surface area contributed by atoms with Gasteiger partial charge in [-0.15, -0.1) is 0 Å². The number of hydrogen-bond donors (Lipinski definition) is 2. The van der Waals surface area contributed by atoms with Gasteiger partial charge in [-0.1, -0.05) is 34.6 Å². The Morgan fingerprint density at radius 1 is 1.44 bits per heavy atom. The molecule has 0 atom stereocenters. The van der Waals surface area contributed by atoms with Crippen molar-refractivity contribution in [3.05, 3.63) is 27.7 Å². The first-order chi connectivity index (χ1) is 7.30. The van der Waals surface area contributed by atoms with Crippen molar-refractivity contribution in [1.82, 2.24) is 15.5 Å². The van der Waals surface area contributed by atoms with Crippen LogP contribution < -0.4 is 10.9 Å². The molecule has 0 bridgehead atoms. The monoisotopic (exact) mass is 223 g/mol. The largest absolute Gasteiger partial charge is 0.310 e. The van der Waals surface area contributed by atoms with Crippen molar-refractivity contribution in [3.63, 3.8) is 0 Å². The fourth-order valence-electron chi connectivity index (χ4n) is 1.28. The minimum absolute atomic E-state index is 0.0449. The Bertz CT molecular complexity index is 401. The van der Waals surface area contributed by atoms with E-state index in [0.717, 1.165) is 11.3 Å². The Labute approximate surface area is 96.5 Å². The fraction of sp³-hybridized carbons (Fsp3) is 0.667. The summed E-state index contributed by atoms with van der Waals surface area (Å²) in [5, 5.41) is 9.86. The van der Waals surface area contributed by atoms with Crippen molar-refractivity contribution in [3.8, 4) is 0 Å². The van der Waals surface area contributed by atoms with Crippen LogP contribution in [0.15, 0.2) is 10.9 Å². The number of nitrogens with zero attached hydrogens (tertiary/aromatic N) is 1. The lowest BCUT2D eigenvalue weighted by Crippen LogP contribution is -2.28. The maximum absolute atomic E-state index is 11.6. The molecule has 0 aromatic carbocycles. The molecule has 2 N–H and O–H groups in total. The van der Waals surface area contributed by atoms with Crippen LogP contribution in [0.1, 0.15) is 45.9 Å². The van der Waals surface area contributed by atoms with Gasteiger partial charge < -0.3 is 5.32 Å². The van der Waals surface area contributed by atoms with E-state index in [4.69, 9.17) is 0 Å². The minimum atomic E-state index is -0.110. The molecule has 0 amide bonds. The Balaban J connectivity index is 2.96. The molecule has 0 radical (unpaired) electrons. The van der Waals surface area contributed by atoms with Gasteiger partial charge >= 0.3 is 0 Å². The van der Waals surface area contributed by atoms with Crippen LogP contribution in [-0.2, 0) is 12.0 Å². The lowest BCUT2D eigenvalue weighted by Gasteiger charge is -2.17. The van der Waals surface area contributed by atoms with Crippen molar-refractivity contribution in [2.45, 2.75) is 52.6 Å². The summed E-state index contributed by atoms with van der Waals surface area (Å²) in [6.07, 6.45) is 0. The molecule has 0 fully saturated rings. The van der Waals surface area contributed by atoms with Gasteiger partial charge in [0.05, 0.1) is 5.69 Å². The maximum atomic E-state index is 11.6. The number of nitrogens with one attached hydrogen (secondary N) is 2. The van der Waals surface area contributed by atoms with E-state index < -0.39 is 0 Å². The molecule has 16 heavy (non-hydrogen) atoms. The Hall–Kier alpha value is -1.16. The SMILES string of the molecule is CC(C)NCc1cc(C(C)(C)C)n[nH]c1=O. The third-order valence-electron chi connectivity index (χ3n) is 2.35. The lowest BCUT2D eigenvalue weighted by molar-refractivity contribution is 0.547. The highest BCUT2D eigenvalue weighted by Gasteiger charge is 2.17. The molecule has 1 rings (SSSR count). The predicted octanol–water partition coefficient (Wildman–Crippen LogP) is 1.57. The first-order valence-corrected chi connectivity index (χ1v) is 5.63. The van der Waals surface area contributed by atoms with E-state index in [9.17, 15) is 4.79 Å². The normalized spacial score (nSPS) is 12.1. The topological polar surface area (TPSA) is 57.8 Å². The molecule has 4 heteroatoms. The van der Waals surface area contributed by atoms with E-state index in [1.807, 2.05) is 6.07 Å². The van der Waals surface area contributed by atoms with Crippen LogP contribution in [0.2, 0.25) is 0 Å². The molecule has 1 aromatic rings. The van der Waals surface area contributed by atoms with Crippen LogP contribution in [0.5, 0.6) is 0 Å². The number of aromatic nitrogens is 2. The first-order valence-electron chi connectivity index (χ1n) is 5.63. The molecule has 1 heterocycles. The molecular formula is C12H21N3O. The van der Waals surface area contributed by atoms with Gasteiger partial charge in [-0.3, -0.25) is 4.79 Å². The third kappa shape index (κ3) is 3.45. The lowest BCUT2D eigenvalue weighted by atomic mass is 9.91. The summed E-state index contributed by atoms with van der Waals surface area (Å²) in [6, 6.07) is 2.25. The quantitative estimate of drug-likeness (QED) is 0.817. The van der Waals surface area contributed by atoms with E-state index >= 15 is 0 Å². The van der Waals surface area contributed by atoms with Crippen molar-refractivity contribution in [1.29, 1.82) is 0 Å². The first kappa shape index (κ1) is 12.9. The van der Waals surface area contributed by atoms with E-state index in [-0.39, 0.29) is 11.0 Å².